The number of halogens is 1. The Bertz CT molecular complexity index is 516. The maximum Gasteiger partial charge on any atom is 0.195 e. The molecule has 0 radical (unpaired) electrons. The second-order valence-corrected chi connectivity index (χ2v) is 3.60. The van der Waals surface area contributed by atoms with Crippen LogP contribution in [-0.4, -0.2) is 15.2 Å². The third kappa shape index (κ3) is 1.30. The van der Waals surface area contributed by atoms with Crippen LogP contribution < -0.4 is 0 Å². The van der Waals surface area contributed by atoms with Gasteiger partial charge in [0.1, 0.15) is 0 Å². The second-order valence-electron chi connectivity index (χ2n) is 3.24. The quantitative estimate of drug-likeness (QED) is 0.675. The second kappa shape index (κ2) is 3.10. The minimum Gasteiger partial charge on any atom is -0.296 e. The molecule has 0 bridgehead atoms. The molecule has 2 aromatic heterocycles. The van der Waals surface area contributed by atoms with Crippen molar-refractivity contribution in [1.29, 1.82) is 0 Å². The molecule has 0 aliphatic carbocycles. The van der Waals surface area contributed by atoms with Gasteiger partial charge in [-0.1, -0.05) is 11.6 Å². The summed E-state index contributed by atoms with van der Waals surface area (Å²) in [4.78, 5) is 15.2. The molecule has 0 saturated carbocycles. The lowest BCUT2D eigenvalue weighted by Gasteiger charge is -1.97. The summed E-state index contributed by atoms with van der Waals surface area (Å²) in [6.45, 7) is 3.45. The molecular weight excluding hydrogens is 200 g/mol. The highest BCUT2D eigenvalue weighted by molar-refractivity contribution is 6.33. The van der Waals surface area contributed by atoms with Crippen molar-refractivity contribution in [3.8, 4) is 0 Å². The van der Waals surface area contributed by atoms with E-state index in [-0.39, 0.29) is 5.78 Å². The zero-order valence-electron chi connectivity index (χ0n) is 7.91. The Morgan fingerprint density at radius 2 is 2.29 bits per heavy atom. The first kappa shape index (κ1) is 9.21. The van der Waals surface area contributed by atoms with Gasteiger partial charge in [-0.25, -0.2) is 4.98 Å². The van der Waals surface area contributed by atoms with Gasteiger partial charge < -0.3 is 0 Å². The summed E-state index contributed by atoms with van der Waals surface area (Å²) >= 11 is 5.91. The lowest BCUT2D eigenvalue weighted by atomic mass is 10.3. The van der Waals surface area contributed by atoms with Gasteiger partial charge in [-0.05, 0) is 24.6 Å². The van der Waals surface area contributed by atoms with E-state index in [0.717, 1.165) is 11.1 Å². The summed E-state index contributed by atoms with van der Waals surface area (Å²) in [5, 5.41) is 0.374. The minimum atomic E-state index is -0.0873. The molecule has 2 aromatic rings. The van der Waals surface area contributed by atoms with Gasteiger partial charge in [-0.15, -0.1) is 0 Å². The van der Waals surface area contributed by atoms with E-state index in [4.69, 9.17) is 11.6 Å². The van der Waals surface area contributed by atoms with Crippen LogP contribution in [0.4, 0.5) is 0 Å². The van der Waals surface area contributed by atoms with Crippen molar-refractivity contribution in [3.05, 3.63) is 34.9 Å². The van der Waals surface area contributed by atoms with E-state index >= 15 is 0 Å². The summed E-state index contributed by atoms with van der Waals surface area (Å²) in [5.74, 6) is 0.292. The van der Waals surface area contributed by atoms with Crippen molar-refractivity contribution >= 4 is 22.9 Å². The number of Topliss-reactive ketones (excluding diaryl/α,β-unsaturated/α-hetero) is 1. The topological polar surface area (TPSA) is 34.4 Å². The number of nitrogens with zero attached hydrogens (tertiary/aromatic N) is 2. The molecule has 0 saturated heterocycles. The first-order chi connectivity index (χ1) is 6.59. The van der Waals surface area contributed by atoms with E-state index in [1.54, 1.807) is 10.6 Å². The van der Waals surface area contributed by atoms with Gasteiger partial charge >= 0.3 is 0 Å². The predicted octanol–water partition coefficient (Wildman–Crippen LogP) is 2.50. The number of carbonyl (C=O) groups is 1. The lowest BCUT2D eigenvalue weighted by molar-refractivity contribution is 0.100. The molecule has 0 spiro atoms. The van der Waals surface area contributed by atoms with Crippen LogP contribution in [0.1, 0.15) is 23.1 Å². The summed E-state index contributed by atoms with van der Waals surface area (Å²) in [7, 11) is 0. The molecule has 3 nitrogen and oxygen atoms in total. The number of aryl methyl sites for hydroxylation is 1. The van der Waals surface area contributed by atoms with Crippen molar-refractivity contribution in [2.24, 2.45) is 0 Å². The number of imidazole rings is 1. The third-order valence-electron chi connectivity index (χ3n) is 2.07. The van der Waals surface area contributed by atoms with E-state index in [9.17, 15) is 4.79 Å². The smallest absolute Gasteiger partial charge is 0.195 e. The zero-order chi connectivity index (χ0) is 10.3. The molecule has 0 fully saturated rings. The van der Waals surface area contributed by atoms with E-state index in [1.165, 1.54) is 6.92 Å². The monoisotopic (exact) mass is 208 g/mol. The number of carbonyl (C=O) groups excluding carboxylic acids is 1. The summed E-state index contributed by atoms with van der Waals surface area (Å²) < 4.78 is 1.71. The highest BCUT2D eigenvalue weighted by Gasteiger charge is 2.12. The largest absolute Gasteiger partial charge is 0.296 e. The van der Waals surface area contributed by atoms with Gasteiger partial charge in [0.2, 0.25) is 0 Å². The Morgan fingerprint density at radius 3 is 2.93 bits per heavy atom. The number of pyridine rings is 1. The number of hydrogen-bond donors (Lipinski definition) is 0. The molecule has 0 unspecified atom stereocenters. The number of fused-ring (bicyclic) bond motifs is 1. The molecule has 0 N–H and O–H groups in total. The van der Waals surface area contributed by atoms with Gasteiger partial charge in [-0.2, -0.15) is 0 Å². The van der Waals surface area contributed by atoms with Crippen LogP contribution in [0.15, 0.2) is 18.3 Å². The summed E-state index contributed by atoms with van der Waals surface area (Å²) in [6, 6.07) is 3.82. The normalized spacial score (nSPS) is 10.8. The van der Waals surface area contributed by atoms with Gasteiger partial charge in [0.05, 0.1) is 5.52 Å². The predicted molar refractivity (Wildman–Crippen MR) is 54.9 cm³/mol. The van der Waals surface area contributed by atoms with E-state index in [0.29, 0.717) is 11.0 Å². The molecule has 0 atom stereocenters. The number of hydrogen-bond acceptors (Lipinski definition) is 2. The van der Waals surface area contributed by atoms with Crippen LogP contribution in [0.25, 0.3) is 5.52 Å². The molecule has 0 amide bonds. The standard InChI is InChI=1S/C10H9ClN2O/c1-6-3-4-13-8(5-6)9(11)12-10(13)7(2)14/h3-5H,1-2H3. The van der Waals surface area contributed by atoms with Crippen LogP contribution in [0.2, 0.25) is 5.15 Å². The lowest BCUT2D eigenvalue weighted by Crippen LogP contribution is -1.99. The van der Waals surface area contributed by atoms with Crippen molar-refractivity contribution in [1.82, 2.24) is 9.38 Å². The summed E-state index contributed by atoms with van der Waals surface area (Å²) in [5.41, 5.74) is 1.87. The fraction of sp³-hybridized carbons (Fsp3) is 0.200. The Hall–Kier alpha value is -1.35. The summed E-state index contributed by atoms with van der Waals surface area (Å²) in [6.07, 6.45) is 1.81. The number of ketones is 1. The molecule has 4 heteroatoms. The van der Waals surface area contributed by atoms with Crippen molar-refractivity contribution in [3.63, 3.8) is 0 Å². The minimum absolute atomic E-state index is 0.0873. The fourth-order valence-corrected chi connectivity index (χ4v) is 1.63. The van der Waals surface area contributed by atoms with Gasteiger partial charge in [0.25, 0.3) is 0 Å². The van der Waals surface area contributed by atoms with Crippen LogP contribution in [0.5, 0.6) is 0 Å². The molecule has 0 aliphatic heterocycles. The average molecular weight is 209 g/mol. The highest BCUT2D eigenvalue weighted by atomic mass is 35.5. The molecule has 2 rings (SSSR count). The van der Waals surface area contributed by atoms with E-state index < -0.39 is 0 Å². The van der Waals surface area contributed by atoms with Crippen molar-refractivity contribution < 1.29 is 4.79 Å². The van der Waals surface area contributed by atoms with Crippen LogP contribution >= 0.6 is 11.6 Å². The van der Waals surface area contributed by atoms with E-state index in [1.807, 2.05) is 19.1 Å². The Labute approximate surface area is 86.3 Å². The molecule has 0 aromatic carbocycles. The molecule has 14 heavy (non-hydrogen) atoms. The molecule has 0 aliphatic rings. The molecule has 2 heterocycles. The Balaban J connectivity index is 2.84. The highest BCUT2D eigenvalue weighted by Crippen LogP contribution is 2.19. The molecule has 72 valence electrons. The van der Waals surface area contributed by atoms with Crippen molar-refractivity contribution in [2.45, 2.75) is 13.8 Å². The van der Waals surface area contributed by atoms with Gasteiger partial charge in [0.15, 0.2) is 16.8 Å². The van der Waals surface area contributed by atoms with Crippen molar-refractivity contribution in [2.75, 3.05) is 0 Å². The number of aromatic nitrogens is 2. The first-order valence-electron chi connectivity index (χ1n) is 4.25. The van der Waals surface area contributed by atoms with Gasteiger partial charge in [0, 0.05) is 13.1 Å². The van der Waals surface area contributed by atoms with Gasteiger partial charge in [-0.3, -0.25) is 9.20 Å². The Morgan fingerprint density at radius 1 is 1.57 bits per heavy atom. The number of rotatable bonds is 1. The zero-order valence-corrected chi connectivity index (χ0v) is 8.67. The fourth-order valence-electron chi connectivity index (χ4n) is 1.40. The maximum absolute atomic E-state index is 11.2. The SMILES string of the molecule is CC(=O)c1nc(Cl)c2cc(C)ccn12. The maximum atomic E-state index is 11.2. The molecular formula is C10H9ClN2O. The average Bonchev–Trinajstić information content (AvgIpc) is 2.44. The van der Waals surface area contributed by atoms with Crippen LogP contribution in [0, 0.1) is 6.92 Å². The first-order valence-corrected chi connectivity index (χ1v) is 4.62. The third-order valence-corrected chi connectivity index (χ3v) is 2.35. The van der Waals surface area contributed by atoms with E-state index in [2.05, 4.69) is 4.98 Å². The Kier molecular flexibility index (Phi) is 2.04. The van der Waals surface area contributed by atoms with Crippen LogP contribution in [-0.2, 0) is 0 Å². The van der Waals surface area contributed by atoms with Crippen LogP contribution in [0.3, 0.4) is 0 Å².